The predicted octanol–water partition coefficient (Wildman–Crippen LogP) is 3.24. The number of halogens is 3. The summed E-state index contributed by atoms with van der Waals surface area (Å²) in [6, 6.07) is 3.37. The van der Waals surface area contributed by atoms with Crippen molar-refractivity contribution in [2.75, 3.05) is 13.1 Å². The van der Waals surface area contributed by atoms with Crippen LogP contribution < -0.4 is 0 Å². The fourth-order valence-corrected chi connectivity index (χ4v) is 3.56. The van der Waals surface area contributed by atoms with Gasteiger partial charge in [0.25, 0.3) is 5.91 Å². The maximum absolute atomic E-state index is 13.0. The molecule has 0 saturated carbocycles. The molecular weight excluding hydrogens is 345 g/mol. The molecule has 3 rings (SSSR count). The van der Waals surface area contributed by atoms with Crippen molar-refractivity contribution < 1.29 is 27.5 Å². The average Bonchev–Trinajstić information content (AvgIpc) is 3.14. The van der Waals surface area contributed by atoms with E-state index < -0.39 is 30.7 Å². The molecule has 24 heavy (non-hydrogen) atoms. The van der Waals surface area contributed by atoms with Crippen molar-refractivity contribution in [1.82, 2.24) is 9.88 Å². The summed E-state index contributed by atoms with van der Waals surface area (Å²) >= 11 is 1.23. The average molecular weight is 360 g/mol. The maximum Gasteiger partial charge on any atom is 0.418 e. The number of piperidine rings is 1. The number of hydrogen-bond donors (Lipinski definition) is 1. The lowest BCUT2D eigenvalue weighted by molar-refractivity contribution is -0.271. The van der Waals surface area contributed by atoms with Crippen LogP contribution in [0.3, 0.4) is 0 Å². The highest BCUT2D eigenvalue weighted by Crippen LogP contribution is 2.38. The first-order valence-corrected chi connectivity index (χ1v) is 8.12. The van der Waals surface area contributed by atoms with Crippen LogP contribution in [0.4, 0.5) is 13.2 Å². The number of aliphatic hydroxyl groups is 1. The van der Waals surface area contributed by atoms with E-state index in [2.05, 4.69) is 4.98 Å². The van der Waals surface area contributed by atoms with Crippen LogP contribution in [0.2, 0.25) is 0 Å². The number of nitrogens with zero attached hydrogens (tertiary/aromatic N) is 2. The summed E-state index contributed by atoms with van der Waals surface area (Å²) < 4.78 is 44.3. The Hall–Kier alpha value is -1.87. The molecule has 1 N–H and O–H groups in total. The van der Waals surface area contributed by atoms with Gasteiger partial charge in [-0.1, -0.05) is 0 Å². The van der Waals surface area contributed by atoms with Crippen molar-refractivity contribution in [1.29, 1.82) is 0 Å². The molecule has 1 aliphatic rings. The zero-order valence-electron chi connectivity index (χ0n) is 12.8. The first kappa shape index (κ1) is 17.0. The summed E-state index contributed by atoms with van der Waals surface area (Å²) in [4.78, 5) is 18.4. The van der Waals surface area contributed by atoms with Gasteiger partial charge in [0.1, 0.15) is 5.69 Å². The molecule has 0 spiro atoms. The minimum Gasteiger partial charge on any atom is -0.462 e. The van der Waals surface area contributed by atoms with Crippen LogP contribution >= 0.6 is 11.3 Å². The number of aryl methyl sites for hydroxylation is 1. The van der Waals surface area contributed by atoms with Gasteiger partial charge in [0.2, 0.25) is 0 Å². The van der Waals surface area contributed by atoms with Crippen molar-refractivity contribution in [2.45, 2.75) is 31.5 Å². The summed E-state index contributed by atoms with van der Waals surface area (Å²) in [5, 5.41) is 10.3. The lowest BCUT2D eigenvalue weighted by Gasteiger charge is -2.39. The summed E-state index contributed by atoms with van der Waals surface area (Å²) in [6.45, 7) is 1.06. The largest absolute Gasteiger partial charge is 0.462 e. The Labute approximate surface area is 139 Å². The molecule has 0 aliphatic carbocycles. The second-order valence-corrected chi connectivity index (χ2v) is 6.96. The van der Waals surface area contributed by atoms with Crippen molar-refractivity contribution in [3.8, 4) is 10.8 Å². The summed E-state index contributed by atoms with van der Waals surface area (Å²) in [6.07, 6.45) is -3.63. The Morgan fingerprint density at radius 3 is 2.88 bits per heavy atom. The number of carbonyl (C=O) groups is 1. The summed E-state index contributed by atoms with van der Waals surface area (Å²) in [5.41, 5.74) is -2.77. The lowest BCUT2D eigenvalue weighted by Crippen LogP contribution is -2.58. The van der Waals surface area contributed by atoms with E-state index in [-0.39, 0.29) is 18.7 Å². The van der Waals surface area contributed by atoms with E-state index in [0.717, 1.165) is 4.90 Å². The predicted molar refractivity (Wildman–Crippen MR) is 80.7 cm³/mol. The van der Waals surface area contributed by atoms with Crippen LogP contribution in [0.5, 0.6) is 0 Å². The molecule has 1 aliphatic heterocycles. The molecule has 0 unspecified atom stereocenters. The highest BCUT2D eigenvalue weighted by molar-refractivity contribution is 7.15. The number of amides is 1. The number of aromatic nitrogens is 1. The lowest BCUT2D eigenvalue weighted by atomic mass is 9.92. The van der Waals surface area contributed by atoms with Gasteiger partial charge in [-0.25, -0.2) is 4.98 Å². The van der Waals surface area contributed by atoms with Gasteiger partial charge < -0.3 is 14.4 Å². The number of likely N-dealkylation sites (tertiary alicyclic amines) is 1. The van der Waals surface area contributed by atoms with Crippen LogP contribution in [0.25, 0.3) is 10.8 Å². The van der Waals surface area contributed by atoms with Crippen LogP contribution in [-0.4, -0.2) is 45.8 Å². The van der Waals surface area contributed by atoms with Gasteiger partial charge in [-0.05, 0) is 31.9 Å². The van der Waals surface area contributed by atoms with E-state index in [9.17, 15) is 23.1 Å². The molecular formula is C15H15F3N2O3S. The van der Waals surface area contributed by atoms with Crippen LogP contribution in [0.1, 0.15) is 28.2 Å². The van der Waals surface area contributed by atoms with E-state index in [4.69, 9.17) is 4.42 Å². The number of furan rings is 1. The molecule has 0 bridgehead atoms. The molecule has 5 nitrogen and oxygen atoms in total. The molecule has 130 valence electrons. The first-order chi connectivity index (χ1) is 11.2. The number of β-amino-alcohol motifs (C(OH)–C–C–N with tert-alkyl or cyclic N) is 1. The Kier molecular flexibility index (Phi) is 4.16. The molecule has 2 aromatic rings. The van der Waals surface area contributed by atoms with Crippen LogP contribution in [0.15, 0.2) is 22.8 Å². The molecule has 2 aromatic heterocycles. The third-order valence-electron chi connectivity index (χ3n) is 4.02. The smallest absolute Gasteiger partial charge is 0.418 e. The Balaban J connectivity index is 1.84. The SMILES string of the molecule is Cc1sc(-c2ccco2)nc1C(=O)N1CCC[C@@](O)(C(F)(F)F)C1. The van der Waals surface area contributed by atoms with Crippen molar-refractivity contribution in [3.63, 3.8) is 0 Å². The zero-order valence-corrected chi connectivity index (χ0v) is 13.6. The topological polar surface area (TPSA) is 66.6 Å². The van der Waals surface area contributed by atoms with Crippen LogP contribution in [-0.2, 0) is 0 Å². The standard InChI is InChI=1S/C15H15F3N2O3S/c1-9-11(19-12(24-9)10-4-2-7-23-10)13(21)20-6-3-5-14(22,8-20)15(16,17)18/h2,4,7,22H,3,5-6,8H2,1H3/t14-/m0/s1. The molecule has 1 saturated heterocycles. The van der Waals surface area contributed by atoms with E-state index in [0.29, 0.717) is 15.6 Å². The minimum atomic E-state index is -4.78. The monoisotopic (exact) mass is 360 g/mol. The molecule has 1 amide bonds. The van der Waals surface area contributed by atoms with E-state index in [1.807, 2.05) is 0 Å². The first-order valence-electron chi connectivity index (χ1n) is 7.31. The number of hydrogen-bond acceptors (Lipinski definition) is 5. The fourth-order valence-electron chi connectivity index (χ4n) is 2.69. The second-order valence-electron chi connectivity index (χ2n) is 5.76. The number of rotatable bonds is 2. The van der Waals surface area contributed by atoms with Gasteiger partial charge in [0, 0.05) is 11.4 Å². The Morgan fingerprint density at radius 1 is 1.50 bits per heavy atom. The van der Waals surface area contributed by atoms with E-state index in [1.54, 1.807) is 19.1 Å². The van der Waals surface area contributed by atoms with Gasteiger partial charge in [0.15, 0.2) is 16.4 Å². The van der Waals surface area contributed by atoms with Crippen molar-refractivity contribution in [3.05, 3.63) is 29.0 Å². The fraction of sp³-hybridized carbons (Fsp3) is 0.467. The van der Waals surface area contributed by atoms with Gasteiger partial charge in [0.05, 0.1) is 12.8 Å². The highest BCUT2D eigenvalue weighted by atomic mass is 32.1. The van der Waals surface area contributed by atoms with Crippen LogP contribution in [0, 0.1) is 6.92 Å². The molecule has 0 radical (unpaired) electrons. The summed E-state index contributed by atoms with van der Waals surface area (Å²) in [5.74, 6) is -0.114. The minimum absolute atomic E-state index is 0.0793. The normalized spacial score (nSPS) is 22.0. The molecule has 3 heterocycles. The number of carbonyl (C=O) groups excluding carboxylic acids is 1. The van der Waals surface area contributed by atoms with Gasteiger partial charge in [-0.15, -0.1) is 11.3 Å². The molecule has 1 fully saturated rings. The molecule has 0 aromatic carbocycles. The maximum atomic E-state index is 13.0. The molecule has 1 atom stereocenters. The third-order valence-corrected chi connectivity index (χ3v) is 5.00. The number of alkyl halides is 3. The Morgan fingerprint density at radius 2 is 2.25 bits per heavy atom. The zero-order chi connectivity index (χ0) is 17.5. The van der Waals surface area contributed by atoms with E-state index >= 15 is 0 Å². The van der Waals surface area contributed by atoms with Gasteiger partial charge >= 0.3 is 6.18 Å². The van der Waals surface area contributed by atoms with Gasteiger partial charge in [-0.3, -0.25) is 4.79 Å². The van der Waals surface area contributed by atoms with Crippen molar-refractivity contribution >= 4 is 17.2 Å². The second kappa shape index (κ2) is 5.89. The van der Waals surface area contributed by atoms with E-state index in [1.165, 1.54) is 17.6 Å². The highest BCUT2D eigenvalue weighted by Gasteiger charge is 2.56. The third kappa shape index (κ3) is 2.93. The molecule has 9 heteroatoms. The Bertz CT molecular complexity index is 742. The quantitative estimate of drug-likeness (QED) is 0.893. The number of thiazole rings is 1. The van der Waals surface area contributed by atoms with Gasteiger partial charge in [-0.2, -0.15) is 13.2 Å². The summed E-state index contributed by atoms with van der Waals surface area (Å²) in [7, 11) is 0. The van der Waals surface area contributed by atoms with Crippen molar-refractivity contribution in [2.24, 2.45) is 0 Å².